The molecule has 1 N–H and O–H groups in total. The van der Waals surface area contributed by atoms with E-state index in [2.05, 4.69) is 4.98 Å². The zero-order chi connectivity index (χ0) is 17.2. The lowest BCUT2D eigenvalue weighted by molar-refractivity contribution is 0.0158. The molecule has 1 aliphatic rings. The molecule has 1 atom stereocenters. The molecule has 0 aliphatic carbocycles. The van der Waals surface area contributed by atoms with Gasteiger partial charge in [0.2, 0.25) is 0 Å². The maximum absolute atomic E-state index is 12.2. The highest BCUT2D eigenvalue weighted by molar-refractivity contribution is 5.74. The van der Waals surface area contributed by atoms with E-state index in [1.807, 2.05) is 32.6 Å². The average Bonchev–Trinajstić information content (AvgIpc) is 2.45. The van der Waals surface area contributed by atoms with Crippen LogP contribution in [0.5, 0.6) is 0 Å². The van der Waals surface area contributed by atoms with Gasteiger partial charge in [-0.25, -0.2) is 4.79 Å². The molecule has 1 aliphatic heterocycles. The second kappa shape index (κ2) is 6.44. The number of pyridine rings is 1. The number of hydrogen-bond acceptors (Lipinski definition) is 5. The third-order valence-corrected chi connectivity index (χ3v) is 3.65. The van der Waals surface area contributed by atoms with Crippen LogP contribution in [0.2, 0.25) is 0 Å². The molecule has 2 heterocycles. The fraction of sp³-hybridized carbons (Fsp3) is 0.562. The first kappa shape index (κ1) is 17.1. The Labute approximate surface area is 135 Å². The topological polar surface area (TPSA) is 82.7 Å². The first-order valence-electron chi connectivity index (χ1n) is 7.64. The zero-order valence-electron chi connectivity index (χ0n) is 14.0. The van der Waals surface area contributed by atoms with E-state index in [-0.39, 0.29) is 17.7 Å². The standard InChI is InChI=1S/C16H23N3O4/c1-11-9-18(13-6-5-12(10-20)14(21)17-13)7-8-19(11)15(22)23-16(2,3)4/h5-6,10-11H,7-9H2,1-4H3,(H,17,21)/t11-/m1/s1. The fourth-order valence-electron chi connectivity index (χ4n) is 2.52. The normalized spacial score (nSPS) is 18.7. The molecule has 1 fully saturated rings. The van der Waals surface area contributed by atoms with Crippen LogP contribution >= 0.6 is 0 Å². The number of aromatic amines is 1. The predicted octanol–water partition coefficient (Wildman–Crippen LogP) is 1.63. The lowest BCUT2D eigenvalue weighted by atomic mass is 10.2. The van der Waals surface area contributed by atoms with Crippen molar-refractivity contribution in [2.75, 3.05) is 24.5 Å². The number of amides is 1. The minimum atomic E-state index is -0.524. The van der Waals surface area contributed by atoms with Gasteiger partial charge in [0.15, 0.2) is 6.29 Å². The smallest absolute Gasteiger partial charge is 0.410 e. The van der Waals surface area contributed by atoms with Crippen molar-refractivity contribution in [3.05, 3.63) is 28.0 Å². The summed E-state index contributed by atoms with van der Waals surface area (Å²) < 4.78 is 5.41. The number of ether oxygens (including phenoxy) is 1. The number of aromatic nitrogens is 1. The molecule has 7 nitrogen and oxygen atoms in total. The lowest BCUT2D eigenvalue weighted by Gasteiger charge is -2.40. The number of hydrogen-bond donors (Lipinski definition) is 1. The number of nitrogens with one attached hydrogen (secondary N) is 1. The quantitative estimate of drug-likeness (QED) is 0.837. The van der Waals surface area contributed by atoms with Crippen LogP contribution < -0.4 is 10.5 Å². The largest absolute Gasteiger partial charge is 0.444 e. The maximum Gasteiger partial charge on any atom is 0.410 e. The van der Waals surface area contributed by atoms with E-state index in [0.717, 1.165) is 0 Å². The summed E-state index contributed by atoms with van der Waals surface area (Å²) in [6.07, 6.45) is 0.209. The second-order valence-electron chi connectivity index (χ2n) is 6.71. The van der Waals surface area contributed by atoms with Crippen LogP contribution in [0.3, 0.4) is 0 Å². The van der Waals surface area contributed by atoms with Crippen molar-refractivity contribution in [2.45, 2.75) is 39.3 Å². The summed E-state index contributed by atoms with van der Waals surface area (Å²) in [4.78, 5) is 41.0. The van der Waals surface area contributed by atoms with Gasteiger partial charge in [-0.2, -0.15) is 0 Å². The molecule has 1 aromatic heterocycles. The van der Waals surface area contributed by atoms with Gasteiger partial charge < -0.3 is 19.5 Å². The summed E-state index contributed by atoms with van der Waals surface area (Å²) >= 11 is 0. The molecule has 1 aromatic rings. The lowest BCUT2D eigenvalue weighted by Crippen LogP contribution is -2.55. The fourth-order valence-corrected chi connectivity index (χ4v) is 2.52. The summed E-state index contributed by atoms with van der Waals surface area (Å²) in [5, 5.41) is 0. The monoisotopic (exact) mass is 321 g/mol. The van der Waals surface area contributed by atoms with Gasteiger partial charge in [-0.15, -0.1) is 0 Å². The van der Waals surface area contributed by atoms with E-state index in [4.69, 9.17) is 4.74 Å². The van der Waals surface area contributed by atoms with E-state index in [1.165, 1.54) is 6.07 Å². The number of H-pyrrole nitrogens is 1. The number of piperazine rings is 1. The van der Waals surface area contributed by atoms with Crippen LogP contribution in [0.15, 0.2) is 16.9 Å². The van der Waals surface area contributed by atoms with E-state index >= 15 is 0 Å². The number of rotatable bonds is 2. The zero-order valence-corrected chi connectivity index (χ0v) is 14.0. The molecule has 0 saturated carbocycles. The first-order valence-corrected chi connectivity index (χ1v) is 7.64. The summed E-state index contributed by atoms with van der Waals surface area (Å²) in [5.74, 6) is 0.649. The van der Waals surface area contributed by atoms with Crippen LogP contribution in [0.1, 0.15) is 38.1 Å². The highest BCUT2D eigenvalue weighted by Gasteiger charge is 2.31. The molecular formula is C16H23N3O4. The minimum absolute atomic E-state index is 0.0483. The molecule has 0 radical (unpaired) electrons. The van der Waals surface area contributed by atoms with Crippen molar-refractivity contribution in [3.8, 4) is 0 Å². The van der Waals surface area contributed by atoms with Gasteiger partial charge in [-0.1, -0.05) is 0 Å². The van der Waals surface area contributed by atoms with Crippen LogP contribution in [0.4, 0.5) is 10.6 Å². The number of carbonyl (C=O) groups excluding carboxylic acids is 2. The van der Waals surface area contributed by atoms with Crippen LogP contribution in [0, 0.1) is 0 Å². The van der Waals surface area contributed by atoms with E-state index in [9.17, 15) is 14.4 Å². The summed E-state index contributed by atoms with van der Waals surface area (Å²) in [5.41, 5.74) is -0.821. The maximum atomic E-state index is 12.2. The summed E-state index contributed by atoms with van der Waals surface area (Å²) in [6, 6.07) is 3.17. The Morgan fingerprint density at radius 2 is 2.04 bits per heavy atom. The number of carbonyl (C=O) groups is 2. The molecule has 1 amide bonds. The molecule has 126 valence electrons. The van der Waals surface area contributed by atoms with Crippen molar-refractivity contribution in [1.82, 2.24) is 9.88 Å². The Morgan fingerprint density at radius 3 is 2.57 bits per heavy atom. The highest BCUT2D eigenvalue weighted by Crippen LogP contribution is 2.19. The van der Waals surface area contributed by atoms with Gasteiger partial charge in [-0.05, 0) is 39.8 Å². The summed E-state index contributed by atoms with van der Waals surface area (Å²) in [6.45, 7) is 9.12. The molecule has 1 saturated heterocycles. The molecule has 2 rings (SSSR count). The van der Waals surface area contributed by atoms with Crippen molar-refractivity contribution in [3.63, 3.8) is 0 Å². The Hall–Kier alpha value is -2.31. The van der Waals surface area contributed by atoms with Crippen molar-refractivity contribution >= 4 is 18.2 Å². The Morgan fingerprint density at radius 1 is 1.35 bits per heavy atom. The number of nitrogens with zero attached hydrogens (tertiary/aromatic N) is 2. The van der Waals surface area contributed by atoms with Gasteiger partial charge in [0.1, 0.15) is 11.4 Å². The minimum Gasteiger partial charge on any atom is -0.444 e. The van der Waals surface area contributed by atoms with E-state index in [1.54, 1.807) is 11.0 Å². The van der Waals surface area contributed by atoms with E-state index in [0.29, 0.717) is 31.7 Å². The van der Waals surface area contributed by atoms with Gasteiger partial charge >= 0.3 is 6.09 Å². The van der Waals surface area contributed by atoms with Crippen molar-refractivity contribution in [1.29, 1.82) is 0 Å². The van der Waals surface area contributed by atoms with Gasteiger partial charge in [-0.3, -0.25) is 9.59 Å². The number of aldehydes is 1. The van der Waals surface area contributed by atoms with Crippen LogP contribution in [-0.4, -0.2) is 53.5 Å². The van der Waals surface area contributed by atoms with Crippen LogP contribution in [0.25, 0.3) is 0 Å². The van der Waals surface area contributed by atoms with Gasteiger partial charge in [0.25, 0.3) is 5.56 Å². The molecule has 0 unspecified atom stereocenters. The van der Waals surface area contributed by atoms with Crippen molar-refractivity contribution in [2.24, 2.45) is 0 Å². The third kappa shape index (κ3) is 4.12. The van der Waals surface area contributed by atoms with Gasteiger partial charge in [0.05, 0.1) is 5.56 Å². The Kier molecular flexibility index (Phi) is 4.77. The number of anilines is 1. The SMILES string of the molecule is C[C@@H]1CN(c2ccc(C=O)c(=O)[nH]2)CCN1C(=O)OC(C)(C)C. The first-order chi connectivity index (χ1) is 10.7. The molecule has 0 aromatic carbocycles. The molecule has 0 bridgehead atoms. The molecule has 0 spiro atoms. The molecule has 23 heavy (non-hydrogen) atoms. The Balaban J connectivity index is 2.06. The third-order valence-electron chi connectivity index (χ3n) is 3.65. The predicted molar refractivity (Wildman–Crippen MR) is 87.1 cm³/mol. The van der Waals surface area contributed by atoms with E-state index < -0.39 is 11.2 Å². The highest BCUT2D eigenvalue weighted by atomic mass is 16.6. The van der Waals surface area contributed by atoms with Crippen molar-refractivity contribution < 1.29 is 14.3 Å². The Bertz CT molecular complexity index is 647. The van der Waals surface area contributed by atoms with Gasteiger partial charge in [0, 0.05) is 25.7 Å². The molecule has 7 heteroatoms. The molecular weight excluding hydrogens is 298 g/mol. The second-order valence-corrected chi connectivity index (χ2v) is 6.71. The average molecular weight is 321 g/mol. The summed E-state index contributed by atoms with van der Waals surface area (Å²) in [7, 11) is 0. The van der Waals surface area contributed by atoms with Crippen LogP contribution in [-0.2, 0) is 4.74 Å².